The van der Waals surface area contributed by atoms with Crippen molar-refractivity contribution in [2.24, 2.45) is 0 Å². The Morgan fingerprint density at radius 1 is 1.07 bits per heavy atom. The Balaban J connectivity index is 1.83. The molecule has 0 bridgehead atoms. The number of nitrogens with zero attached hydrogens (tertiary/aromatic N) is 2. The predicted octanol–water partition coefficient (Wildman–Crippen LogP) is 4.23. The number of hydrogen-bond acceptors (Lipinski definition) is 6. The first kappa shape index (κ1) is 19.3. The summed E-state index contributed by atoms with van der Waals surface area (Å²) in [5.74, 6) is 0.0523. The molecule has 1 heterocycles. The molecule has 0 aliphatic rings. The molecule has 3 N–H and O–H groups in total. The van der Waals surface area contributed by atoms with Crippen LogP contribution in [-0.4, -0.2) is 28.7 Å². The zero-order valence-corrected chi connectivity index (χ0v) is 17.3. The molecule has 0 amide bonds. The second-order valence-corrected chi connectivity index (χ2v) is 9.27. The third kappa shape index (κ3) is 3.79. The Morgan fingerprint density at radius 3 is 2.52 bits per heavy atom. The van der Waals surface area contributed by atoms with Crippen LogP contribution in [0, 0.1) is 13.8 Å². The summed E-state index contributed by atoms with van der Waals surface area (Å²) < 4.78 is 28.8. The number of nitrogens with one attached hydrogen (secondary N) is 2. The minimum absolute atomic E-state index is 0.0523. The highest BCUT2D eigenvalue weighted by atomic mass is 32.2. The molecule has 1 aromatic heterocycles. The fourth-order valence-corrected chi connectivity index (χ4v) is 5.23. The van der Waals surface area contributed by atoms with E-state index in [9.17, 15) is 13.5 Å². The van der Waals surface area contributed by atoms with Gasteiger partial charge in [-0.15, -0.1) is 0 Å². The van der Waals surface area contributed by atoms with E-state index in [-0.39, 0.29) is 10.6 Å². The van der Waals surface area contributed by atoms with Crippen molar-refractivity contribution in [3.63, 3.8) is 0 Å². The highest BCUT2D eigenvalue weighted by Gasteiger charge is 2.20. The van der Waals surface area contributed by atoms with Gasteiger partial charge in [-0.05, 0) is 43.3 Å². The van der Waals surface area contributed by atoms with Crippen LogP contribution in [0.5, 0.6) is 5.75 Å². The van der Waals surface area contributed by atoms with Gasteiger partial charge < -0.3 is 5.11 Å². The van der Waals surface area contributed by atoms with Gasteiger partial charge in [-0.2, -0.15) is 5.10 Å². The highest BCUT2D eigenvalue weighted by molar-refractivity contribution is 7.99. The van der Waals surface area contributed by atoms with E-state index in [1.165, 1.54) is 6.33 Å². The number of aromatic amines is 1. The smallest absolute Gasteiger partial charge is 0.262 e. The summed E-state index contributed by atoms with van der Waals surface area (Å²) in [5, 5.41) is 18.8. The average Bonchev–Trinajstić information content (AvgIpc) is 3.18. The van der Waals surface area contributed by atoms with Crippen LogP contribution in [0.15, 0.2) is 69.8 Å². The lowest BCUT2D eigenvalue weighted by Crippen LogP contribution is -2.14. The molecular weight excluding hydrogens is 408 g/mol. The van der Waals surface area contributed by atoms with Crippen LogP contribution < -0.4 is 4.72 Å². The van der Waals surface area contributed by atoms with E-state index in [2.05, 4.69) is 19.9 Å². The summed E-state index contributed by atoms with van der Waals surface area (Å²) in [4.78, 5) is 4.72. The van der Waals surface area contributed by atoms with Crippen LogP contribution in [0.25, 0.3) is 10.8 Å². The molecule has 0 atom stereocenters. The van der Waals surface area contributed by atoms with Gasteiger partial charge >= 0.3 is 0 Å². The molecule has 4 aromatic rings. The molecule has 0 aliphatic carbocycles. The zero-order valence-electron chi connectivity index (χ0n) is 15.7. The maximum atomic E-state index is 13.1. The average molecular weight is 427 g/mol. The monoisotopic (exact) mass is 426 g/mol. The number of benzene rings is 3. The number of H-pyrrole nitrogens is 1. The largest absolute Gasteiger partial charge is 0.506 e. The van der Waals surface area contributed by atoms with Crippen molar-refractivity contribution in [2.45, 2.75) is 28.8 Å². The maximum Gasteiger partial charge on any atom is 0.262 e. The first-order chi connectivity index (χ1) is 13.8. The summed E-state index contributed by atoms with van der Waals surface area (Å²) in [6.07, 6.45) is 1.37. The van der Waals surface area contributed by atoms with Crippen molar-refractivity contribution < 1.29 is 13.5 Å². The number of aromatic nitrogens is 3. The number of phenols is 1. The topological polar surface area (TPSA) is 108 Å². The van der Waals surface area contributed by atoms with Gasteiger partial charge in [0.05, 0.1) is 15.5 Å². The SMILES string of the molecule is Cc1ccc(S(=O)(=O)Nc2cc(Sc3ncn[nH]3)c(O)c3ccccc23)c(C)c1. The Hall–Kier alpha value is -3.04. The van der Waals surface area contributed by atoms with Crippen LogP contribution in [-0.2, 0) is 10.0 Å². The van der Waals surface area contributed by atoms with Gasteiger partial charge in [0.1, 0.15) is 12.1 Å². The van der Waals surface area contributed by atoms with Crippen molar-refractivity contribution in [3.05, 3.63) is 66.0 Å². The highest BCUT2D eigenvalue weighted by Crippen LogP contribution is 2.42. The number of hydrogen-bond donors (Lipinski definition) is 3. The van der Waals surface area contributed by atoms with Gasteiger partial charge in [0, 0.05) is 10.8 Å². The van der Waals surface area contributed by atoms with Crippen molar-refractivity contribution in [1.29, 1.82) is 0 Å². The third-order valence-corrected chi connectivity index (χ3v) is 6.89. The molecule has 4 rings (SSSR count). The van der Waals surface area contributed by atoms with E-state index in [0.29, 0.717) is 32.1 Å². The van der Waals surface area contributed by atoms with Crippen LogP contribution in [0.4, 0.5) is 5.69 Å². The fourth-order valence-electron chi connectivity index (χ4n) is 3.14. The van der Waals surface area contributed by atoms with E-state index in [4.69, 9.17) is 0 Å². The zero-order chi connectivity index (χ0) is 20.6. The van der Waals surface area contributed by atoms with Gasteiger partial charge in [-0.1, -0.05) is 42.0 Å². The van der Waals surface area contributed by atoms with Gasteiger partial charge in [-0.25, -0.2) is 13.4 Å². The summed E-state index contributed by atoms with van der Waals surface area (Å²) in [6, 6.07) is 13.9. The molecular formula is C20H18N4O3S2. The molecule has 0 saturated carbocycles. The Morgan fingerprint density at radius 2 is 1.83 bits per heavy atom. The molecule has 0 unspecified atom stereocenters. The Kier molecular flexibility index (Phi) is 4.93. The molecule has 0 saturated heterocycles. The minimum atomic E-state index is -3.82. The van der Waals surface area contributed by atoms with Crippen molar-refractivity contribution in [1.82, 2.24) is 15.2 Å². The second kappa shape index (κ2) is 7.41. The number of aromatic hydroxyl groups is 1. The van der Waals surface area contributed by atoms with Crippen molar-refractivity contribution >= 4 is 38.2 Å². The molecule has 0 fully saturated rings. The number of rotatable bonds is 5. The molecule has 7 nitrogen and oxygen atoms in total. The Bertz CT molecular complexity index is 1300. The third-order valence-electron chi connectivity index (χ3n) is 4.45. The van der Waals surface area contributed by atoms with Gasteiger partial charge in [0.15, 0.2) is 5.16 Å². The van der Waals surface area contributed by atoms with E-state index in [0.717, 1.165) is 17.3 Å². The van der Waals surface area contributed by atoms with Gasteiger partial charge in [-0.3, -0.25) is 9.82 Å². The number of aryl methyl sites for hydroxylation is 2. The van der Waals surface area contributed by atoms with Gasteiger partial charge in [0.25, 0.3) is 10.0 Å². The first-order valence-corrected chi connectivity index (χ1v) is 11.0. The van der Waals surface area contributed by atoms with Crippen LogP contribution in [0.2, 0.25) is 0 Å². The lowest BCUT2D eigenvalue weighted by molar-refractivity contribution is 0.469. The Labute approximate surface area is 172 Å². The van der Waals surface area contributed by atoms with E-state index < -0.39 is 10.0 Å². The molecule has 0 spiro atoms. The number of phenolic OH excluding ortho intramolecular Hbond substituents is 1. The number of sulfonamides is 1. The number of fused-ring (bicyclic) bond motifs is 1. The number of anilines is 1. The summed E-state index contributed by atoms with van der Waals surface area (Å²) in [6.45, 7) is 3.68. The minimum Gasteiger partial charge on any atom is -0.506 e. The fraction of sp³-hybridized carbons (Fsp3) is 0.100. The van der Waals surface area contributed by atoms with Crippen molar-refractivity contribution in [3.8, 4) is 5.75 Å². The predicted molar refractivity (Wildman–Crippen MR) is 113 cm³/mol. The summed E-state index contributed by atoms with van der Waals surface area (Å²) in [5.41, 5.74) is 2.03. The van der Waals surface area contributed by atoms with Crippen LogP contribution in [0.3, 0.4) is 0 Å². The van der Waals surface area contributed by atoms with Crippen LogP contribution >= 0.6 is 11.8 Å². The molecule has 148 valence electrons. The molecule has 0 aliphatic heterocycles. The van der Waals surface area contributed by atoms with E-state index >= 15 is 0 Å². The summed E-state index contributed by atoms with van der Waals surface area (Å²) in [7, 11) is -3.82. The summed E-state index contributed by atoms with van der Waals surface area (Å²) >= 11 is 1.16. The van der Waals surface area contributed by atoms with Crippen LogP contribution in [0.1, 0.15) is 11.1 Å². The normalized spacial score (nSPS) is 11.7. The quantitative estimate of drug-likeness (QED) is 0.412. The molecule has 3 aromatic carbocycles. The lowest BCUT2D eigenvalue weighted by Gasteiger charge is -2.15. The molecule has 9 heteroatoms. The van der Waals surface area contributed by atoms with E-state index in [1.54, 1.807) is 49.4 Å². The standard InChI is InChI=1S/C20H18N4O3S2/c1-12-7-8-18(13(2)9-12)29(26,27)24-16-10-17(28-20-21-11-22-23-20)19(25)15-6-4-3-5-14(15)16/h3-11,24-25H,1-2H3,(H,21,22,23). The lowest BCUT2D eigenvalue weighted by atomic mass is 10.1. The molecule has 29 heavy (non-hydrogen) atoms. The first-order valence-electron chi connectivity index (χ1n) is 8.73. The molecule has 0 radical (unpaired) electrons. The maximum absolute atomic E-state index is 13.1. The van der Waals surface area contributed by atoms with Crippen molar-refractivity contribution in [2.75, 3.05) is 4.72 Å². The van der Waals surface area contributed by atoms with Gasteiger partial charge in [0.2, 0.25) is 0 Å². The van der Waals surface area contributed by atoms with E-state index in [1.807, 2.05) is 13.0 Å². The second-order valence-electron chi connectivity index (χ2n) is 6.58.